The van der Waals surface area contributed by atoms with Crippen LogP contribution in [-0.2, 0) is 19.7 Å². The number of nitrogens with zero attached hydrogens (tertiary/aromatic N) is 1. The van der Waals surface area contributed by atoms with Crippen molar-refractivity contribution in [2.75, 3.05) is 24.6 Å². The van der Waals surface area contributed by atoms with E-state index in [1.807, 2.05) is 4.90 Å². The van der Waals surface area contributed by atoms with Crippen LogP contribution in [-0.4, -0.2) is 57.5 Å². The number of sulfone groups is 2. The van der Waals surface area contributed by atoms with E-state index in [1.165, 1.54) is 24.3 Å². The van der Waals surface area contributed by atoms with E-state index in [0.717, 1.165) is 38.8 Å². The molecule has 0 saturated carbocycles. The fourth-order valence-electron chi connectivity index (χ4n) is 3.44. The molecule has 2 heterocycles. The molecule has 0 spiro atoms. The number of likely N-dealkylation sites (tertiary alicyclic amines) is 1. The molecule has 0 N–H and O–H groups in total. The third-order valence-electron chi connectivity index (χ3n) is 4.95. The Bertz CT molecular complexity index is 836. The molecule has 0 unspecified atom stereocenters. The first-order valence-corrected chi connectivity index (χ1v) is 12.0. The molecule has 2 fully saturated rings. The summed E-state index contributed by atoms with van der Waals surface area (Å²) in [4.78, 5) is 14.5. The van der Waals surface area contributed by atoms with Gasteiger partial charge in [0.25, 0.3) is 5.91 Å². The predicted molar refractivity (Wildman–Crippen MR) is 95.1 cm³/mol. The number of hydrogen-bond donors (Lipinski definition) is 0. The van der Waals surface area contributed by atoms with Gasteiger partial charge in [-0.2, -0.15) is 0 Å². The maximum absolute atomic E-state index is 12.6. The summed E-state index contributed by atoms with van der Waals surface area (Å²) in [6.45, 7) is 1.47. The molecule has 1 amide bonds. The highest BCUT2D eigenvalue weighted by atomic mass is 32.2. The number of carbonyl (C=O) groups is 1. The molecule has 0 radical (unpaired) electrons. The largest absolute Gasteiger partial charge is 0.339 e. The third kappa shape index (κ3) is 4.06. The van der Waals surface area contributed by atoms with Crippen molar-refractivity contribution in [1.82, 2.24) is 4.90 Å². The summed E-state index contributed by atoms with van der Waals surface area (Å²) in [7, 11) is -6.95. The molecule has 6 nitrogen and oxygen atoms in total. The first-order chi connectivity index (χ1) is 11.8. The second-order valence-corrected chi connectivity index (χ2v) is 11.3. The van der Waals surface area contributed by atoms with Crippen molar-refractivity contribution in [2.45, 2.75) is 42.2 Å². The van der Waals surface area contributed by atoms with Crippen LogP contribution in [0.15, 0.2) is 29.2 Å². The van der Waals surface area contributed by atoms with Crippen molar-refractivity contribution in [3.63, 3.8) is 0 Å². The maximum Gasteiger partial charge on any atom is 0.253 e. The summed E-state index contributed by atoms with van der Waals surface area (Å²) in [5.74, 6) is -0.471. The van der Waals surface area contributed by atoms with Gasteiger partial charge in [-0.15, -0.1) is 0 Å². The Balaban J connectivity index is 1.76. The number of rotatable bonds is 3. The van der Waals surface area contributed by atoms with Gasteiger partial charge in [-0.1, -0.05) is 12.8 Å². The topological polar surface area (TPSA) is 88.6 Å². The lowest BCUT2D eigenvalue weighted by Crippen LogP contribution is -2.31. The van der Waals surface area contributed by atoms with Gasteiger partial charge in [-0.05, 0) is 43.5 Å². The summed E-state index contributed by atoms with van der Waals surface area (Å²) in [6, 6.07) is 5.91. The van der Waals surface area contributed by atoms with E-state index < -0.39 is 24.9 Å². The molecule has 2 aliphatic heterocycles. The van der Waals surface area contributed by atoms with E-state index in [2.05, 4.69) is 0 Å². The van der Waals surface area contributed by atoms with Crippen molar-refractivity contribution in [3.05, 3.63) is 29.8 Å². The van der Waals surface area contributed by atoms with Crippen LogP contribution in [0.3, 0.4) is 0 Å². The second-order valence-electron chi connectivity index (χ2n) is 6.80. The van der Waals surface area contributed by atoms with Gasteiger partial charge in [0.1, 0.15) is 0 Å². The third-order valence-corrected chi connectivity index (χ3v) is 9.14. The standard InChI is InChI=1S/C17H23NO5S2/c19-17(18-10-3-1-2-4-11-18)14-5-7-15(8-6-14)25(22,23)16-9-12-24(20,21)13-16/h5-8,16H,1-4,9-13H2/t16-/m1/s1. The van der Waals surface area contributed by atoms with Crippen LogP contribution < -0.4 is 0 Å². The van der Waals surface area contributed by atoms with E-state index in [4.69, 9.17) is 0 Å². The van der Waals surface area contributed by atoms with Crippen molar-refractivity contribution >= 4 is 25.6 Å². The van der Waals surface area contributed by atoms with Crippen LogP contribution in [0, 0.1) is 0 Å². The van der Waals surface area contributed by atoms with Crippen LogP contribution in [0.25, 0.3) is 0 Å². The summed E-state index contributed by atoms with van der Waals surface area (Å²) >= 11 is 0. The molecule has 3 rings (SSSR count). The smallest absolute Gasteiger partial charge is 0.253 e. The Morgan fingerprint density at radius 2 is 1.60 bits per heavy atom. The van der Waals surface area contributed by atoms with Crippen molar-refractivity contribution < 1.29 is 21.6 Å². The lowest BCUT2D eigenvalue weighted by molar-refractivity contribution is 0.0761. The summed E-state index contributed by atoms with van der Waals surface area (Å²) < 4.78 is 48.3. The monoisotopic (exact) mass is 385 g/mol. The zero-order valence-corrected chi connectivity index (χ0v) is 15.7. The van der Waals surface area contributed by atoms with E-state index in [0.29, 0.717) is 5.56 Å². The maximum atomic E-state index is 12.6. The minimum absolute atomic E-state index is 0.0747. The fraction of sp³-hybridized carbons (Fsp3) is 0.588. The molecule has 2 aliphatic rings. The molecule has 0 bridgehead atoms. The molecule has 1 atom stereocenters. The summed E-state index contributed by atoms with van der Waals surface area (Å²) in [5.41, 5.74) is 0.472. The highest BCUT2D eigenvalue weighted by Gasteiger charge is 2.38. The first kappa shape index (κ1) is 18.4. The summed E-state index contributed by atoms with van der Waals surface area (Å²) in [5, 5.41) is -0.885. The SMILES string of the molecule is O=C(c1ccc(S(=O)(=O)[C@@H]2CCS(=O)(=O)C2)cc1)N1CCCCCC1. The van der Waals surface area contributed by atoms with Gasteiger partial charge in [-0.25, -0.2) is 16.8 Å². The lowest BCUT2D eigenvalue weighted by atomic mass is 10.2. The van der Waals surface area contributed by atoms with E-state index >= 15 is 0 Å². The predicted octanol–water partition coefficient (Wildman–Crippen LogP) is 1.66. The van der Waals surface area contributed by atoms with Crippen molar-refractivity contribution in [2.24, 2.45) is 0 Å². The number of benzene rings is 1. The normalized spacial score (nSPS) is 24.0. The highest BCUT2D eigenvalue weighted by Crippen LogP contribution is 2.26. The molecular weight excluding hydrogens is 362 g/mol. The van der Waals surface area contributed by atoms with Crippen molar-refractivity contribution in [1.29, 1.82) is 0 Å². The molecule has 1 aromatic rings. The van der Waals surface area contributed by atoms with Gasteiger partial charge in [-0.3, -0.25) is 4.79 Å². The molecule has 8 heteroatoms. The summed E-state index contributed by atoms with van der Waals surface area (Å²) in [6.07, 6.45) is 4.39. The molecule has 2 saturated heterocycles. The Morgan fingerprint density at radius 3 is 2.12 bits per heavy atom. The first-order valence-electron chi connectivity index (χ1n) is 8.63. The minimum atomic E-state index is -3.69. The van der Waals surface area contributed by atoms with Gasteiger partial charge in [0.05, 0.1) is 21.7 Å². The zero-order valence-electron chi connectivity index (χ0n) is 14.1. The quantitative estimate of drug-likeness (QED) is 0.790. The van der Waals surface area contributed by atoms with Crippen LogP contribution in [0.5, 0.6) is 0 Å². The Hall–Kier alpha value is -1.41. The molecular formula is C17H23NO5S2. The van der Waals surface area contributed by atoms with E-state index in [9.17, 15) is 21.6 Å². The van der Waals surface area contributed by atoms with E-state index in [1.54, 1.807) is 0 Å². The lowest BCUT2D eigenvalue weighted by Gasteiger charge is -2.20. The van der Waals surface area contributed by atoms with Crippen LogP contribution in [0.4, 0.5) is 0 Å². The number of amides is 1. The molecule has 138 valence electrons. The van der Waals surface area contributed by atoms with E-state index in [-0.39, 0.29) is 28.7 Å². The number of hydrogen-bond acceptors (Lipinski definition) is 5. The van der Waals surface area contributed by atoms with Crippen LogP contribution in [0.2, 0.25) is 0 Å². The molecule has 25 heavy (non-hydrogen) atoms. The van der Waals surface area contributed by atoms with Gasteiger partial charge >= 0.3 is 0 Å². The Morgan fingerprint density at radius 1 is 1.00 bits per heavy atom. The van der Waals surface area contributed by atoms with Crippen LogP contribution in [0.1, 0.15) is 42.5 Å². The Kier molecular flexibility index (Phi) is 5.20. The van der Waals surface area contributed by atoms with Gasteiger partial charge < -0.3 is 4.90 Å². The Labute approximate surface area is 149 Å². The average Bonchev–Trinajstić information content (AvgIpc) is 2.79. The van der Waals surface area contributed by atoms with Gasteiger partial charge in [0.15, 0.2) is 19.7 Å². The minimum Gasteiger partial charge on any atom is -0.339 e. The van der Waals surface area contributed by atoms with Gasteiger partial charge in [0.2, 0.25) is 0 Å². The average molecular weight is 386 g/mol. The highest BCUT2D eigenvalue weighted by molar-refractivity contribution is 7.96. The molecule has 0 aromatic heterocycles. The van der Waals surface area contributed by atoms with Crippen molar-refractivity contribution in [3.8, 4) is 0 Å². The second kappa shape index (κ2) is 7.07. The zero-order chi connectivity index (χ0) is 18.1. The fourth-order valence-corrected chi connectivity index (χ4v) is 7.80. The molecule has 1 aromatic carbocycles. The van der Waals surface area contributed by atoms with Gasteiger partial charge in [0, 0.05) is 18.7 Å². The van der Waals surface area contributed by atoms with Crippen LogP contribution >= 0.6 is 0 Å². The number of carbonyl (C=O) groups excluding carboxylic acids is 1. The molecule has 0 aliphatic carbocycles.